The topological polar surface area (TPSA) is 67.6 Å². The van der Waals surface area contributed by atoms with Crippen LogP contribution in [0.3, 0.4) is 0 Å². The van der Waals surface area contributed by atoms with Gasteiger partial charge in [0.2, 0.25) is 0 Å². The molecule has 0 radical (unpaired) electrons. The zero-order chi connectivity index (χ0) is 14.0. The first kappa shape index (κ1) is 13.5. The Hall–Kier alpha value is -1.93. The van der Waals surface area contributed by atoms with E-state index in [2.05, 4.69) is 31.3 Å². The van der Waals surface area contributed by atoms with Gasteiger partial charge in [-0.2, -0.15) is 10.4 Å². The van der Waals surface area contributed by atoms with Crippen LogP contribution in [0.1, 0.15) is 26.5 Å². The van der Waals surface area contributed by atoms with Gasteiger partial charge in [-0.3, -0.25) is 0 Å². The second kappa shape index (κ2) is 4.98. The molecule has 2 rings (SSSR count). The minimum Gasteiger partial charge on any atom is -0.383 e. The fourth-order valence-electron chi connectivity index (χ4n) is 1.82. The van der Waals surface area contributed by atoms with Crippen LogP contribution in [-0.2, 0) is 5.41 Å². The number of thiocyanates is 1. The molecule has 0 fully saturated rings. The molecule has 5 heteroatoms. The Bertz CT molecular complexity index is 617. The summed E-state index contributed by atoms with van der Waals surface area (Å²) in [6, 6.07) is 9.70. The summed E-state index contributed by atoms with van der Waals surface area (Å²) >= 11 is 1.07. The fourth-order valence-corrected chi connectivity index (χ4v) is 2.55. The second-order valence-corrected chi connectivity index (χ2v) is 6.05. The van der Waals surface area contributed by atoms with Crippen molar-refractivity contribution in [3.05, 3.63) is 36.0 Å². The van der Waals surface area contributed by atoms with Gasteiger partial charge in [-0.05, 0) is 23.9 Å². The summed E-state index contributed by atoms with van der Waals surface area (Å²) in [6.45, 7) is 6.18. The maximum Gasteiger partial charge on any atom is 0.142 e. The highest BCUT2D eigenvalue weighted by molar-refractivity contribution is 8.03. The molecule has 0 aliphatic carbocycles. The average molecular weight is 272 g/mol. The number of thioether (sulfide) groups is 1. The minimum absolute atomic E-state index is 0.159. The van der Waals surface area contributed by atoms with Crippen molar-refractivity contribution in [1.82, 2.24) is 9.78 Å². The molecule has 98 valence electrons. The summed E-state index contributed by atoms with van der Waals surface area (Å²) in [5, 5.41) is 15.6. The molecule has 1 aromatic heterocycles. The molecule has 0 bridgehead atoms. The van der Waals surface area contributed by atoms with Crippen LogP contribution < -0.4 is 5.73 Å². The van der Waals surface area contributed by atoms with Gasteiger partial charge in [0.25, 0.3) is 0 Å². The lowest BCUT2D eigenvalue weighted by molar-refractivity contribution is 0.551. The number of aromatic nitrogens is 2. The van der Waals surface area contributed by atoms with E-state index in [9.17, 15) is 0 Å². The smallest absolute Gasteiger partial charge is 0.142 e. The lowest BCUT2D eigenvalue weighted by Gasteiger charge is -2.15. The molecule has 0 saturated carbocycles. The van der Waals surface area contributed by atoms with Crippen LogP contribution in [-0.4, -0.2) is 9.78 Å². The van der Waals surface area contributed by atoms with E-state index in [0.29, 0.717) is 5.82 Å². The first-order chi connectivity index (χ1) is 8.95. The Kier molecular flexibility index (Phi) is 3.54. The Labute approximate surface area is 117 Å². The first-order valence-corrected chi connectivity index (χ1v) is 6.77. The van der Waals surface area contributed by atoms with Gasteiger partial charge in [0.05, 0.1) is 16.3 Å². The molecule has 0 aliphatic rings. The third-order valence-corrected chi connectivity index (χ3v) is 3.43. The predicted octanol–water partition coefficient (Wildman–Crippen LogP) is 3.33. The second-order valence-electron chi connectivity index (χ2n) is 5.25. The molecular weight excluding hydrogens is 256 g/mol. The number of hydrogen-bond acceptors (Lipinski definition) is 4. The summed E-state index contributed by atoms with van der Waals surface area (Å²) in [5.41, 5.74) is 7.73. The van der Waals surface area contributed by atoms with Crippen LogP contribution in [0, 0.1) is 10.7 Å². The standard InChI is InChI=1S/C14H16N4S/c1-14(2,3)12-11(19-9-15)13(16)18(17-12)10-7-5-4-6-8-10/h4-8H,16H2,1-3H3. The SMILES string of the molecule is CC(C)(C)c1nn(-c2ccccc2)c(N)c1SC#N. The van der Waals surface area contributed by atoms with Crippen molar-refractivity contribution in [3.63, 3.8) is 0 Å². The molecule has 1 aromatic carbocycles. The van der Waals surface area contributed by atoms with E-state index in [1.807, 2.05) is 30.3 Å². The molecule has 1 heterocycles. The van der Waals surface area contributed by atoms with Crippen molar-refractivity contribution in [1.29, 1.82) is 5.26 Å². The zero-order valence-corrected chi connectivity index (χ0v) is 12.0. The lowest BCUT2D eigenvalue weighted by atomic mass is 9.92. The van der Waals surface area contributed by atoms with Crippen molar-refractivity contribution in [3.8, 4) is 11.1 Å². The van der Waals surface area contributed by atoms with Gasteiger partial charge in [-0.25, -0.2) is 4.68 Å². The Morgan fingerprint density at radius 2 is 1.89 bits per heavy atom. The quantitative estimate of drug-likeness (QED) is 0.672. The summed E-state index contributed by atoms with van der Waals surface area (Å²) in [5.74, 6) is 0.516. The summed E-state index contributed by atoms with van der Waals surface area (Å²) in [4.78, 5) is 0.749. The lowest BCUT2D eigenvalue weighted by Crippen LogP contribution is -2.13. The van der Waals surface area contributed by atoms with Gasteiger partial charge < -0.3 is 5.73 Å². The van der Waals surface area contributed by atoms with Crippen LogP contribution in [0.4, 0.5) is 5.82 Å². The highest BCUT2D eigenvalue weighted by Gasteiger charge is 2.26. The number of para-hydroxylation sites is 1. The summed E-state index contributed by atoms with van der Waals surface area (Å²) in [7, 11) is 0. The van der Waals surface area contributed by atoms with E-state index in [1.165, 1.54) is 0 Å². The van der Waals surface area contributed by atoms with Crippen molar-refractivity contribution in [2.45, 2.75) is 31.1 Å². The van der Waals surface area contributed by atoms with Gasteiger partial charge in [-0.1, -0.05) is 39.0 Å². The van der Waals surface area contributed by atoms with Crippen LogP contribution in [0.25, 0.3) is 5.69 Å². The molecular formula is C14H16N4S. The maximum atomic E-state index is 8.93. The van der Waals surface area contributed by atoms with E-state index in [4.69, 9.17) is 11.0 Å². The van der Waals surface area contributed by atoms with Gasteiger partial charge in [0.15, 0.2) is 0 Å². The number of nitriles is 1. The molecule has 2 aromatic rings. The number of anilines is 1. The van der Waals surface area contributed by atoms with E-state index in [-0.39, 0.29) is 5.41 Å². The van der Waals surface area contributed by atoms with Crippen molar-refractivity contribution in [2.24, 2.45) is 0 Å². The van der Waals surface area contributed by atoms with Crippen LogP contribution >= 0.6 is 11.8 Å². The van der Waals surface area contributed by atoms with Crippen molar-refractivity contribution < 1.29 is 0 Å². The highest BCUT2D eigenvalue weighted by Crippen LogP contribution is 2.36. The van der Waals surface area contributed by atoms with Crippen molar-refractivity contribution in [2.75, 3.05) is 5.73 Å². The third-order valence-electron chi connectivity index (χ3n) is 2.73. The van der Waals surface area contributed by atoms with Gasteiger partial charge in [0.1, 0.15) is 11.2 Å². The van der Waals surface area contributed by atoms with Gasteiger partial charge in [0, 0.05) is 5.41 Å². The molecule has 0 saturated heterocycles. The van der Waals surface area contributed by atoms with Crippen LogP contribution in [0.15, 0.2) is 35.2 Å². The maximum absolute atomic E-state index is 8.93. The molecule has 2 N–H and O–H groups in total. The fraction of sp³-hybridized carbons (Fsp3) is 0.286. The number of rotatable bonds is 2. The number of nitrogens with zero attached hydrogens (tertiary/aromatic N) is 3. The third kappa shape index (κ3) is 2.59. The molecule has 0 spiro atoms. The average Bonchev–Trinajstić information content (AvgIpc) is 2.69. The number of nitrogen functional groups attached to an aromatic ring is 1. The summed E-state index contributed by atoms with van der Waals surface area (Å²) in [6.07, 6.45) is 0. The number of nitrogens with two attached hydrogens (primary N) is 1. The first-order valence-electron chi connectivity index (χ1n) is 5.95. The largest absolute Gasteiger partial charge is 0.383 e. The Balaban J connectivity index is 2.63. The van der Waals surface area contributed by atoms with Crippen LogP contribution in [0.2, 0.25) is 0 Å². The Morgan fingerprint density at radius 1 is 1.26 bits per heavy atom. The molecule has 19 heavy (non-hydrogen) atoms. The molecule has 0 amide bonds. The van der Waals surface area contributed by atoms with Crippen molar-refractivity contribution >= 4 is 17.6 Å². The monoisotopic (exact) mass is 272 g/mol. The van der Waals surface area contributed by atoms with Crippen LogP contribution in [0.5, 0.6) is 0 Å². The summed E-state index contributed by atoms with van der Waals surface area (Å²) < 4.78 is 1.69. The molecule has 0 atom stereocenters. The zero-order valence-electron chi connectivity index (χ0n) is 11.2. The highest BCUT2D eigenvalue weighted by atomic mass is 32.2. The van der Waals surface area contributed by atoms with E-state index < -0.39 is 0 Å². The van der Waals surface area contributed by atoms with Gasteiger partial charge in [-0.15, -0.1) is 0 Å². The Morgan fingerprint density at radius 3 is 2.42 bits per heavy atom. The van der Waals surface area contributed by atoms with E-state index >= 15 is 0 Å². The predicted molar refractivity (Wildman–Crippen MR) is 78.1 cm³/mol. The molecule has 0 unspecified atom stereocenters. The number of benzene rings is 1. The molecule has 4 nitrogen and oxygen atoms in total. The van der Waals surface area contributed by atoms with E-state index in [1.54, 1.807) is 4.68 Å². The number of hydrogen-bond donors (Lipinski definition) is 1. The molecule has 0 aliphatic heterocycles. The van der Waals surface area contributed by atoms with E-state index in [0.717, 1.165) is 28.0 Å². The normalized spacial score (nSPS) is 11.3. The van der Waals surface area contributed by atoms with Gasteiger partial charge >= 0.3 is 0 Å². The minimum atomic E-state index is -0.159.